The highest BCUT2D eigenvalue weighted by atomic mass is 28.4. The Kier molecular flexibility index (Phi) is 12.1. The van der Waals surface area contributed by atoms with E-state index in [4.69, 9.17) is 18.6 Å². The van der Waals surface area contributed by atoms with Gasteiger partial charge in [0.05, 0.1) is 32.5 Å². The molecule has 0 spiro atoms. The second-order valence-corrected chi connectivity index (χ2v) is 16.2. The van der Waals surface area contributed by atoms with Gasteiger partial charge in [-0.05, 0) is 51.5 Å². The Balaban J connectivity index is 1.58. The summed E-state index contributed by atoms with van der Waals surface area (Å²) >= 11 is 0. The maximum atomic E-state index is 10.0. The molecule has 0 saturated carbocycles. The van der Waals surface area contributed by atoms with E-state index in [9.17, 15) is 5.11 Å². The van der Waals surface area contributed by atoms with E-state index >= 15 is 0 Å². The number of ether oxygens (including phenoxy) is 3. The molecule has 43 heavy (non-hydrogen) atoms. The molecular formula is C37H46O5Si. The zero-order chi connectivity index (χ0) is 30.5. The Bertz CT molecular complexity index is 1290. The molecule has 0 aliphatic carbocycles. The molecule has 0 aliphatic heterocycles. The fraction of sp³-hybridized carbons (Fsp3) is 0.351. The first kappa shape index (κ1) is 32.6. The van der Waals surface area contributed by atoms with E-state index in [1.807, 2.05) is 42.5 Å². The van der Waals surface area contributed by atoms with Crippen LogP contribution in [0, 0.1) is 0 Å². The highest BCUT2D eigenvalue weighted by molar-refractivity contribution is 6.99. The first-order chi connectivity index (χ1) is 20.9. The molecule has 5 nitrogen and oxygen atoms in total. The summed E-state index contributed by atoms with van der Waals surface area (Å²) in [7, 11) is -1.04. The van der Waals surface area contributed by atoms with Crippen molar-refractivity contribution in [2.75, 3.05) is 20.3 Å². The molecule has 0 unspecified atom stereocenters. The van der Waals surface area contributed by atoms with Crippen LogP contribution in [-0.4, -0.2) is 46.0 Å². The molecule has 0 aromatic heterocycles. The second-order valence-electron chi connectivity index (χ2n) is 11.8. The summed E-state index contributed by atoms with van der Waals surface area (Å²) in [5, 5.41) is 12.4. The number of aliphatic hydroxyl groups is 1. The van der Waals surface area contributed by atoms with Gasteiger partial charge in [0.15, 0.2) is 0 Å². The van der Waals surface area contributed by atoms with Crippen LogP contribution in [0.2, 0.25) is 5.04 Å². The van der Waals surface area contributed by atoms with Crippen molar-refractivity contribution >= 4 is 18.7 Å². The molecule has 1 N–H and O–H groups in total. The van der Waals surface area contributed by atoms with Crippen molar-refractivity contribution in [3.63, 3.8) is 0 Å². The molecule has 6 heteroatoms. The van der Waals surface area contributed by atoms with E-state index in [-0.39, 0.29) is 23.9 Å². The zero-order valence-electron chi connectivity index (χ0n) is 25.9. The highest BCUT2D eigenvalue weighted by Crippen LogP contribution is 2.37. The van der Waals surface area contributed by atoms with Gasteiger partial charge in [0, 0.05) is 13.2 Å². The normalized spacial score (nSPS) is 13.4. The average molecular weight is 599 g/mol. The number of hydrogen-bond acceptors (Lipinski definition) is 5. The molecule has 228 valence electrons. The molecule has 0 fully saturated rings. The zero-order valence-corrected chi connectivity index (χ0v) is 26.9. The van der Waals surface area contributed by atoms with Crippen LogP contribution in [0.1, 0.15) is 44.7 Å². The lowest BCUT2D eigenvalue weighted by Crippen LogP contribution is -2.66. The fourth-order valence-electron chi connectivity index (χ4n) is 5.67. The van der Waals surface area contributed by atoms with Crippen molar-refractivity contribution in [3.05, 3.63) is 126 Å². The highest BCUT2D eigenvalue weighted by Gasteiger charge is 2.50. The van der Waals surface area contributed by atoms with E-state index in [1.165, 1.54) is 10.4 Å². The van der Waals surface area contributed by atoms with Crippen LogP contribution < -0.4 is 15.1 Å². The topological polar surface area (TPSA) is 57.2 Å². The third-order valence-electron chi connectivity index (χ3n) is 7.90. The third kappa shape index (κ3) is 8.65. The minimum Gasteiger partial charge on any atom is -0.497 e. The van der Waals surface area contributed by atoms with Crippen molar-refractivity contribution in [1.82, 2.24) is 0 Å². The predicted molar refractivity (Wildman–Crippen MR) is 176 cm³/mol. The van der Waals surface area contributed by atoms with E-state index in [0.29, 0.717) is 32.7 Å². The Labute approximate surface area is 258 Å². The monoisotopic (exact) mass is 598 g/mol. The standard InChI is InChI=1S/C37H46O5Si/c1-37(2,3)43(33-16-10-6-11-17-33,34-18-12-7-13-19-34)42-27-25-36(41-28-30-14-8-5-9-15-30)35(24-26-38)40-29-31-20-22-32(39-4)23-21-31/h5-23,35-36,38H,24-29H2,1-4H3/t35-,36+/m0/s1. The lowest BCUT2D eigenvalue weighted by atomic mass is 10.1. The number of hydrogen-bond donors (Lipinski definition) is 1. The summed E-state index contributed by atoms with van der Waals surface area (Å²) < 4.78 is 25.5. The van der Waals surface area contributed by atoms with Crippen LogP contribution in [0.3, 0.4) is 0 Å². The molecule has 0 bridgehead atoms. The molecule has 0 heterocycles. The quantitative estimate of drug-likeness (QED) is 0.149. The molecule has 4 rings (SSSR count). The van der Waals surface area contributed by atoms with E-state index in [1.54, 1.807) is 7.11 Å². The maximum absolute atomic E-state index is 10.0. The summed E-state index contributed by atoms with van der Waals surface area (Å²) in [6.07, 6.45) is 0.516. The minimum absolute atomic E-state index is 0.00798. The van der Waals surface area contributed by atoms with Crippen LogP contribution in [0.5, 0.6) is 5.75 Å². The lowest BCUT2D eigenvalue weighted by molar-refractivity contribution is -0.0988. The Hall–Kier alpha value is -3.26. The molecule has 4 aromatic rings. The molecule has 0 aliphatic rings. The van der Waals surface area contributed by atoms with Gasteiger partial charge in [0.1, 0.15) is 5.75 Å². The van der Waals surface area contributed by atoms with Crippen LogP contribution in [0.4, 0.5) is 0 Å². The van der Waals surface area contributed by atoms with Gasteiger partial charge in [-0.1, -0.05) is 124 Å². The Morgan fingerprint density at radius 1 is 0.628 bits per heavy atom. The fourth-order valence-corrected chi connectivity index (χ4v) is 10.3. The summed E-state index contributed by atoms with van der Waals surface area (Å²) in [6.45, 7) is 8.24. The van der Waals surface area contributed by atoms with Gasteiger partial charge in [-0.15, -0.1) is 0 Å². The molecule has 0 radical (unpaired) electrons. The van der Waals surface area contributed by atoms with Gasteiger partial charge in [0.2, 0.25) is 0 Å². The smallest absolute Gasteiger partial charge is 0.261 e. The molecular weight excluding hydrogens is 552 g/mol. The van der Waals surface area contributed by atoms with E-state index in [2.05, 4.69) is 93.6 Å². The average Bonchev–Trinajstić information content (AvgIpc) is 3.04. The second kappa shape index (κ2) is 16.0. The number of benzene rings is 4. The SMILES string of the molecule is COc1ccc(CO[C@@H](CCO)[C@@H](CCO[Si](c2ccccc2)(c2ccccc2)C(C)(C)C)OCc2ccccc2)cc1. The summed E-state index contributed by atoms with van der Waals surface area (Å²) in [5.74, 6) is 0.806. The number of methoxy groups -OCH3 is 1. The van der Waals surface area contributed by atoms with Crippen molar-refractivity contribution in [3.8, 4) is 5.75 Å². The first-order valence-corrected chi connectivity index (χ1v) is 17.0. The summed E-state index contributed by atoms with van der Waals surface area (Å²) in [6, 6.07) is 39.4. The van der Waals surface area contributed by atoms with E-state index < -0.39 is 8.32 Å². The van der Waals surface area contributed by atoms with Gasteiger partial charge in [-0.2, -0.15) is 0 Å². The summed E-state index contributed by atoms with van der Waals surface area (Å²) in [5.41, 5.74) is 2.13. The van der Waals surface area contributed by atoms with Crippen LogP contribution in [-0.2, 0) is 27.1 Å². The van der Waals surface area contributed by atoms with Gasteiger partial charge in [-0.25, -0.2) is 0 Å². The van der Waals surface area contributed by atoms with Gasteiger partial charge in [-0.3, -0.25) is 0 Å². The predicted octanol–water partition coefficient (Wildman–Crippen LogP) is 6.51. The molecule has 0 amide bonds. The van der Waals surface area contributed by atoms with Crippen LogP contribution >= 0.6 is 0 Å². The Morgan fingerprint density at radius 3 is 1.56 bits per heavy atom. The van der Waals surface area contributed by atoms with Gasteiger partial charge < -0.3 is 23.7 Å². The van der Waals surface area contributed by atoms with Crippen molar-refractivity contribution in [1.29, 1.82) is 0 Å². The van der Waals surface area contributed by atoms with Crippen molar-refractivity contribution in [2.24, 2.45) is 0 Å². The van der Waals surface area contributed by atoms with Crippen molar-refractivity contribution < 1.29 is 23.7 Å². The molecule has 2 atom stereocenters. The third-order valence-corrected chi connectivity index (χ3v) is 12.9. The lowest BCUT2D eigenvalue weighted by Gasteiger charge is -2.43. The van der Waals surface area contributed by atoms with Crippen LogP contribution in [0.15, 0.2) is 115 Å². The van der Waals surface area contributed by atoms with Crippen molar-refractivity contribution in [2.45, 2.75) is 64.1 Å². The Morgan fingerprint density at radius 2 is 1.09 bits per heavy atom. The van der Waals surface area contributed by atoms with Gasteiger partial charge in [0.25, 0.3) is 8.32 Å². The minimum atomic E-state index is -2.69. The van der Waals surface area contributed by atoms with Crippen LogP contribution in [0.25, 0.3) is 0 Å². The largest absolute Gasteiger partial charge is 0.497 e. The molecule has 4 aromatic carbocycles. The van der Waals surface area contributed by atoms with E-state index in [0.717, 1.165) is 16.9 Å². The summed E-state index contributed by atoms with van der Waals surface area (Å²) in [4.78, 5) is 0. The first-order valence-electron chi connectivity index (χ1n) is 15.1. The maximum Gasteiger partial charge on any atom is 0.261 e. The number of aliphatic hydroxyl groups excluding tert-OH is 1. The molecule has 0 saturated heterocycles. The number of rotatable bonds is 16. The van der Waals surface area contributed by atoms with Gasteiger partial charge >= 0.3 is 0 Å².